The van der Waals surface area contributed by atoms with Crippen LogP contribution < -0.4 is 5.32 Å². The van der Waals surface area contributed by atoms with Crippen molar-refractivity contribution in [2.24, 2.45) is 13.0 Å². The molecule has 0 aliphatic heterocycles. The molecule has 1 amide bonds. The largest absolute Gasteiger partial charge is 0.376 e. The van der Waals surface area contributed by atoms with Gasteiger partial charge < -0.3 is 14.6 Å². The fourth-order valence-corrected chi connectivity index (χ4v) is 2.98. The van der Waals surface area contributed by atoms with E-state index in [1.165, 1.54) is 26.2 Å². The first-order valence-electron chi connectivity index (χ1n) is 8.06. The fourth-order valence-electron chi connectivity index (χ4n) is 2.98. The van der Waals surface area contributed by atoms with Crippen LogP contribution in [0.5, 0.6) is 0 Å². The molecule has 122 valence electrons. The lowest BCUT2D eigenvalue weighted by Gasteiger charge is -2.28. The van der Waals surface area contributed by atoms with Gasteiger partial charge in [0.25, 0.3) is 5.91 Å². The van der Waals surface area contributed by atoms with Crippen molar-refractivity contribution in [1.82, 2.24) is 9.88 Å². The summed E-state index contributed by atoms with van der Waals surface area (Å²) in [5.74, 6) is 0.398. The van der Waals surface area contributed by atoms with E-state index >= 15 is 0 Å². The molecule has 1 aromatic rings. The summed E-state index contributed by atoms with van der Waals surface area (Å²) in [6.07, 6.45) is 6.88. The molecule has 2 rings (SSSR count). The maximum absolute atomic E-state index is 12.1. The minimum Gasteiger partial charge on any atom is -0.376 e. The average molecular weight is 306 g/mol. The summed E-state index contributed by atoms with van der Waals surface area (Å²) in [6, 6.07) is 1.63. The summed E-state index contributed by atoms with van der Waals surface area (Å²) in [6.45, 7) is 4.75. The number of amides is 1. The van der Waals surface area contributed by atoms with Crippen LogP contribution >= 0.6 is 0 Å². The van der Waals surface area contributed by atoms with Crippen molar-refractivity contribution in [2.75, 3.05) is 13.2 Å². The molecule has 1 fully saturated rings. The van der Waals surface area contributed by atoms with Crippen LogP contribution in [0.25, 0.3) is 0 Å². The van der Waals surface area contributed by atoms with E-state index in [-0.39, 0.29) is 11.7 Å². The molecule has 0 aromatic carbocycles. The van der Waals surface area contributed by atoms with Gasteiger partial charge in [0.05, 0.1) is 12.7 Å². The minimum atomic E-state index is -0.171. The minimum absolute atomic E-state index is 0.0377. The second-order valence-corrected chi connectivity index (χ2v) is 6.21. The van der Waals surface area contributed by atoms with Crippen LogP contribution in [0.2, 0.25) is 0 Å². The third-order valence-corrected chi connectivity index (χ3v) is 4.40. The Morgan fingerprint density at radius 2 is 2.09 bits per heavy atom. The van der Waals surface area contributed by atoms with Crippen LogP contribution in [0.1, 0.15) is 60.4 Å². The van der Waals surface area contributed by atoms with Gasteiger partial charge in [0.1, 0.15) is 5.69 Å². The van der Waals surface area contributed by atoms with Crippen LogP contribution in [0.3, 0.4) is 0 Å². The molecule has 0 saturated heterocycles. The summed E-state index contributed by atoms with van der Waals surface area (Å²) >= 11 is 0. The molecule has 0 radical (unpaired) electrons. The molecule has 1 saturated carbocycles. The molecule has 1 aliphatic rings. The number of aromatic nitrogens is 1. The van der Waals surface area contributed by atoms with Crippen molar-refractivity contribution < 1.29 is 14.3 Å². The number of carbonyl (C=O) groups excluding carboxylic acids is 2. The standard InChI is InChI=1S/C17H26N2O3/c1-12-6-4-5-7-16(12)22-9-8-18-17(21)15-10-14(13(2)20)11-19(15)3/h10-12,16H,4-9H2,1-3H3,(H,18,21)/t12-,16+/m1/s1. The highest BCUT2D eigenvalue weighted by molar-refractivity contribution is 5.99. The van der Waals surface area contributed by atoms with Crippen molar-refractivity contribution in [1.29, 1.82) is 0 Å². The zero-order valence-corrected chi connectivity index (χ0v) is 13.7. The molecule has 5 nitrogen and oxygen atoms in total. The molecular formula is C17H26N2O3. The Balaban J connectivity index is 1.77. The molecule has 5 heteroatoms. The second kappa shape index (κ2) is 7.58. The normalized spacial score (nSPS) is 21.6. The Hall–Kier alpha value is -1.62. The number of carbonyl (C=O) groups is 2. The third kappa shape index (κ3) is 4.19. The predicted octanol–water partition coefficient (Wildman–Crippen LogP) is 2.55. The summed E-state index contributed by atoms with van der Waals surface area (Å²) in [4.78, 5) is 23.5. The Morgan fingerprint density at radius 1 is 1.36 bits per heavy atom. The number of rotatable bonds is 6. The van der Waals surface area contributed by atoms with Gasteiger partial charge in [0.2, 0.25) is 0 Å². The van der Waals surface area contributed by atoms with Crippen LogP contribution in [0.15, 0.2) is 12.3 Å². The number of nitrogens with one attached hydrogen (secondary N) is 1. The first-order valence-corrected chi connectivity index (χ1v) is 8.06. The van der Waals surface area contributed by atoms with Crippen LogP contribution in [0, 0.1) is 5.92 Å². The quantitative estimate of drug-likeness (QED) is 0.649. The van der Waals surface area contributed by atoms with Gasteiger partial charge >= 0.3 is 0 Å². The molecule has 0 unspecified atom stereocenters. The van der Waals surface area contributed by atoms with E-state index in [0.717, 1.165) is 6.42 Å². The highest BCUT2D eigenvalue weighted by Gasteiger charge is 2.21. The number of ketones is 1. The van der Waals surface area contributed by atoms with Gasteiger partial charge in [0.15, 0.2) is 5.78 Å². The van der Waals surface area contributed by atoms with Crippen LogP contribution in [-0.2, 0) is 11.8 Å². The monoisotopic (exact) mass is 306 g/mol. The van der Waals surface area contributed by atoms with Crippen LogP contribution in [0.4, 0.5) is 0 Å². The lowest BCUT2D eigenvalue weighted by Crippen LogP contribution is -2.32. The van der Waals surface area contributed by atoms with Gasteiger partial charge in [-0.15, -0.1) is 0 Å². The maximum Gasteiger partial charge on any atom is 0.267 e. The van der Waals surface area contributed by atoms with Gasteiger partial charge in [-0.25, -0.2) is 0 Å². The molecule has 1 aliphatic carbocycles. The maximum atomic E-state index is 12.1. The van der Waals surface area contributed by atoms with Crippen molar-refractivity contribution in [3.05, 3.63) is 23.5 Å². The number of aryl methyl sites for hydroxylation is 1. The summed E-state index contributed by atoms with van der Waals surface area (Å²) in [5, 5.41) is 2.85. The zero-order chi connectivity index (χ0) is 16.1. The molecule has 1 heterocycles. The highest BCUT2D eigenvalue weighted by Crippen LogP contribution is 2.25. The van der Waals surface area contributed by atoms with E-state index in [1.54, 1.807) is 23.9 Å². The lowest BCUT2D eigenvalue weighted by atomic mass is 9.88. The molecule has 0 bridgehead atoms. The van der Waals surface area contributed by atoms with Gasteiger partial charge in [0, 0.05) is 25.4 Å². The number of hydrogen-bond donors (Lipinski definition) is 1. The molecule has 1 aromatic heterocycles. The first kappa shape index (κ1) is 16.7. The second-order valence-electron chi connectivity index (χ2n) is 6.21. The molecule has 2 atom stereocenters. The van der Waals surface area contributed by atoms with Crippen molar-refractivity contribution in [3.8, 4) is 0 Å². The Kier molecular flexibility index (Phi) is 5.77. The fraction of sp³-hybridized carbons (Fsp3) is 0.647. The van der Waals surface area contributed by atoms with Crippen molar-refractivity contribution in [2.45, 2.75) is 45.6 Å². The van der Waals surface area contributed by atoms with Gasteiger partial charge in [-0.05, 0) is 31.7 Å². The van der Waals surface area contributed by atoms with Crippen LogP contribution in [-0.4, -0.2) is 35.5 Å². The lowest BCUT2D eigenvalue weighted by molar-refractivity contribution is -0.00296. The molecular weight excluding hydrogens is 280 g/mol. The van der Waals surface area contributed by atoms with E-state index in [9.17, 15) is 9.59 Å². The van der Waals surface area contributed by atoms with E-state index < -0.39 is 0 Å². The third-order valence-electron chi connectivity index (χ3n) is 4.40. The number of nitrogens with zero attached hydrogens (tertiary/aromatic N) is 1. The van der Waals surface area contributed by atoms with E-state index in [2.05, 4.69) is 12.2 Å². The van der Waals surface area contributed by atoms with Gasteiger partial charge in [-0.1, -0.05) is 19.8 Å². The average Bonchev–Trinajstić information content (AvgIpc) is 2.87. The SMILES string of the molecule is CC(=O)c1cc(C(=O)NCCO[C@H]2CCCC[C@H]2C)n(C)c1. The summed E-state index contributed by atoms with van der Waals surface area (Å²) < 4.78 is 7.56. The van der Waals surface area contributed by atoms with Gasteiger partial charge in [-0.3, -0.25) is 9.59 Å². The molecule has 0 spiro atoms. The van der Waals surface area contributed by atoms with E-state index in [4.69, 9.17) is 4.74 Å². The number of Topliss-reactive ketones (excluding diaryl/α,β-unsaturated/α-hetero) is 1. The topological polar surface area (TPSA) is 60.3 Å². The first-order chi connectivity index (χ1) is 10.5. The molecule has 22 heavy (non-hydrogen) atoms. The van der Waals surface area contributed by atoms with Crippen molar-refractivity contribution >= 4 is 11.7 Å². The summed E-state index contributed by atoms with van der Waals surface area (Å²) in [5.41, 5.74) is 1.05. The Morgan fingerprint density at radius 3 is 2.73 bits per heavy atom. The van der Waals surface area contributed by atoms with Gasteiger partial charge in [-0.2, -0.15) is 0 Å². The Bertz CT molecular complexity index is 536. The zero-order valence-electron chi connectivity index (χ0n) is 13.7. The van der Waals surface area contributed by atoms with Crippen molar-refractivity contribution in [3.63, 3.8) is 0 Å². The number of ether oxygens (including phenoxy) is 1. The Labute approximate surface area is 132 Å². The predicted molar refractivity (Wildman–Crippen MR) is 85.1 cm³/mol. The van der Waals surface area contributed by atoms with E-state index in [0.29, 0.717) is 36.4 Å². The number of hydrogen-bond acceptors (Lipinski definition) is 3. The summed E-state index contributed by atoms with van der Waals surface area (Å²) in [7, 11) is 1.77. The smallest absolute Gasteiger partial charge is 0.267 e. The van der Waals surface area contributed by atoms with E-state index in [1.807, 2.05) is 0 Å². The highest BCUT2D eigenvalue weighted by atomic mass is 16.5. The molecule has 1 N–H and O–H groups in total.